The highest BCUT2D eigenvalue weighted by Crippen LogP contribution is 2.33. The number of nitrogens with zero attached hydrogens (tertiary/aromatic N) is 4. The van der Waals surface area contributed by atoms with Crippen LogP contribution in [0.15, 0.2) is 34.2 Å². The fourth-order valence-corrected chi connectivity index (χ4v) is 4.12. The number of alkyl halides is 3. The summed E-state index contributed by atoms with van der Waals surface area (Å²) >= 11 is 0.971. The highest BCUT2D eigenvalue weighted by molar-refractivity contribution is 7.16. The lowest BCUT2D eigenvalue weighted by Gasteiger charge is -2.13. The van der Waals surface area contributed by atoms with E-state index in [1.807, 2.05) is 6.92 Å². The second kappa shape index (κ2) is 9.87. The van der Waals surface area contributed by atoms with E-state index in [-0.39, 0.29) is 22.7 Å². The Morgan fingerprint density at radius 1 is 1.36 bits per heavy atom. The summed E-state index contributed by atoms with van der Waals surface area (Å²) in [5.74, 6) is -1.08. The first-order chi connectivity index (χ1) is 15.5. The standard InChI is InChI=1S/C21H23F3N4O4S/c1-4-5-8-28-15-10-25-27(3)19(31)17(15)33-20(28)26-18(30)14-9-13(21(22,23)24)6-7-16(14)32-11-12(2)29/h6-7,9-10,12,29H,4-5,8,11H2,1-3H3/t12-/m0/s1. The van der Waals surface area contributed by atoms with Crippen molar-refractivity contribution in [1.82, 2.24) is 14.3 Å². The second-order valence-corrected chi connectivity index (χ2v) is 8.44. The number of benzene rings is 1. The summed E-state index contributed by atoms with van der Waals surface area (Å²) in [5.41, 5.74) is -1.29. The van der Waals surface area contributed by atoms with E-state index in [0.717, 1.165) is 41.0 Å². The summed E-state index contributed by atoms with van der Waals surface area (Å²) < 4.78 is 48.3. The molecule has 1 atom stereocenters. The number of aliphatic hydroxyl groups is 1. The van der Waals surface area contributed by atoms with E-state index in [1.54, 1.807) is 4.57 Å². The van der Waals surface area contributed by atoms with Crippen molar-refractivity contribution in [3.63, 3.8) is 0 Å². The van der Waals surface area contributed by atoms with E-state index in [9.17, 15) is 27.9 Å². The van der Waals surface area contributed by atoms with Crippen LogP contribution in [0.25, 0.3) is 10.2 Å². The summed E-state index contributed by atoms with van der Waals surface area (Å²) in [6, 6.07) is 2.50. The van der Waals surface area contributed by atoms with Gasteiger partial charge in [0.25, 0.3) is 11.5 Å². The Balaban J connectivity index is 2.17. The number of halogens is 3. The van der Waals surface area contributed by atoms with Gasteiger partial charge in [-0.1, -0.05) is 24.7 Å². The fourth-order valence-electron chi connectivity index (χ4n) is 3.02. The Morgan fingerprint density at radius 3 is 2.73 bits per heavy atom. The minimum Gasteiger partial charge on any atom is -0.490 e. The molecule has 0 spiro atoms. The summed E-state index contributed by atoms with van der Waals surface area (Å²) in [5, 5.41) is 13.5. The highest BCUT2D eigenvalue weighted by Gasteiger charge is 2.32. The molecule has 3 aromatic rings. The predicted molar refractivity (Wildman–Crippen MR) is 116 cm³/mol. The van der Waals surface area contributed by atoms with Crippen molar-refractivity contribution in [2.24, 2.45) is 12.0 Å². The van der Waals surface area contributed by atoms with Crippen molar-refractivity contribution in [3.8, 4) is 5.75 Å². The molecule has 0 aliphatic carbocycles. The van der Waals surface area contributed by atoms with Crippen molar-refractivity contribution in [2.45, 2.75) is 45.5 Å². The van der Waals surface area contributed by atoms with Crippen LogP contribution in [0.1, 0.15) is 42.6 Å². The van der Waals surface area contributed by atoms with E-state index >= 15 is 0 Å². The zero-order valence-electron chi connectivity index (χ0n) is 18.2. The van der Waals surface area contributed by atoms with E-state index in [1.165, 1.54) is 20.2 Å². The summed E-state index contributed by atoms with van der Waals surface area (Å²) in [7, 11) is 1.49. The van der Waals surface area contributed by atoms with E-state index in [4.69, 9.17) is 4.74 Å². The minimum absolute atomic E-state index is 0.128. The van der Waals surface area contributed by atoms with Crippen LogP contribution in [0.2, 0.25) is 0 Å². The number of amides is 1. The molecule has 3 rings (SSSR count). The number of aryl methyl sites for hydroxylation is 2. The van der Waals surface area contributed by atoms with Gasteiger partial charge < -0.3 is 14.4 Å². The molecule has 12 heteroatoms. The molecule has 0 aliphatic heterocycles. The molecular weight excluding hydrogens is 461 g/mol. The molecule has 0 saturated heterocycles. The van der Waals surface area contributed by atoms with Crippen LogP contribution in [-0.2, 0) is 19.8 Å². The molecule has 1 N–H and O–H groups in total. The molecule has 0 bridgehead atoms. The number of aromatic nitrogens is 3. The summed E-state index contributed by atoms with van der Waals surface area (Å²) in [4.78, 5) is 29.7. The molecule has 1 aromatic carbocycles. The second-order valence-electron chi connectivity index (χ2n) is 7.46. The molecular formula is C21H23F3N4O4S. The van der Waals surface area contributed by atoms with E-state index in [0.29, 0.717) is 22.8 Å². The number of hydrogen-bond donors (Lipinski definition) is 1. The topological polar surface area (TPSA) is 98.7 Å². The third kappa shape index (κ3) is 5.50. The van der Waals surface area contributed by atoms with E-state index < -0.39 is 29.3 Å². The van der Waals surface area contributed by atoms with Crippen LogP contribution in [0.5, 0.6) is 5.75 Å². The van der Waals surface area contributed by atoms with Crippen molar-refractivity contribution < 1.29 is 27.8 Å². The number of unbranched alkanes of at least 4 members (excludes halogenated alkanes) is 1. The predicted octanol–water partition coefficient (Wildman–Crippen LogP) is 3.12. The normalized spacial score (nSPS) is 13.5. The number of carbonyl (C=O) groups excluding carboxylic acids is 1. The Labute approximate surface area is 190 Å². The average Bonchev–Trinajstić information content (AvgIpc) is 3.10. The number of ether oxygens (including phenoxy) is 1. The van der Waals surface area contributed by atoms with Crippen molar-refractivity contribution in [3.05, 3.63) is 50.7 Å². The molecule has 0 fully saturated rings. The number of thiazole rings is 1. The van der Waals surface area contributed by atoms with Crippen LogP contribution in [0.3, 0.4) is 0 Å². The smallest absolute Gasteiger partial charge is 0.416 e. The quantitative estimate of drug-likeness (QED) is 0.556. The Hall–Kier alpha value is -2.99. The third-order valence-electron chi connectivity index (χ3n) is 4.74. The Kier molecular flexibility index (Phi) is 7.38. The number of aliphatic hydroxyl groups excluding tert-OH is 1. The lowest BCUT2D eigenvalue weighted by atomic mass is 10.1. The monoisotopic (exact) mass is 484 g/mol. The first kappa shape index (κ1) is 24.6. The van der Waals surface area contributed by atoms with Gasteiger partial charge in [0.2, 0.25) is 0 Å². The first-order valence-corrected chi connectivity index (χ1v) is 11.0. The van der Waals surface area contributed by atoms with Gasteiger partial charge in [0.05, 0.1) is 28.9 Å². The van der Waals surface area contributed by atoms with Gasteiger partial charge in [0.15, 0.2) is 4.80 Å². The van der Waals surface area contributed by atoms with Crippen molar-refractivity contribution in [2.75, 3.05) is 6.61 Å². The molecule has 2 aromatic heterocycles. The van der Waals surface area contributed by atoms with Crippen LogP contribution in [0, 0.1) is 0 Å². The SMILES string of the molecule is CCCCn1c(=NC(=O)c2cc(C(F)(F)F)ccc2OC[C@H](C)O)sc2c(=O)n(C)ncc21. The minimum atomic E-state index is -4.67. The van der Waals surface area contributed by atoms with Gasteiger partial charge in [0, 0.05) is 13.6 Å². The summed E-state index contributed by atoms with van der Waals surface area (Å²) in [6.45, 7) is 3.65. The maximum absolute atomic E-state index is 13.3. The largest absolute Gasteiger partial charge is 0.490 e. The molecule has 8 nitrogen and oxygen atoms in total. The first-order valence-electron chi connectivity index (χ1n) is 10.2. The fraction of sp³-hybridized carbons (Fsp3) is 0.429. The molecule has 0 saturated carbocycles. The maximum Gasteiger partial charge on any atom is 0.416 e. The molecule has 2 heterocycles. The van der Waals surface area contributed by atoms with Crippen LogP contribution in [0.4, 0.5) is 13.2 Å². The van der Waals surface area contributed by atoms with Crippen LogP contribution in [-0.4, -0.2) is 38.1 Å². The van der Waals surface area contributed by atoms with Crippen molar-refractivity contribution >= 4 is 27.5 Å². The number of hydrogen-bond acceptors (Lipinski definition) is 6. The van der Waals surface area contributed by atoms with Gasteiger partial charge in [-0.2, -0.15) is 23.3 Å². The zero-order valence-corrected chi connectivity index (χ0v) is 19.0. The number of fused-ring (bicyclic) bond motifs is 1. The molecule has 0 aliphatic rings. The summed E-state index contributed by atoms with van der Waals surface area (Å²) in [6.07, 6.45) is -2.51. The van der Waals surface area contributed by atoms with Gasteiger partial charge in [-0.15, -0.1) is 0 Å². The lowest BCUT2D eigenvalue weighted by Crippen LogP contribution is -2.20. The molecule has 0 radical (unpaired) electrons. The maximum atomic E-state index is 13.3. The number of carbonyl (C=O) groups is 1. The third-order valence-corrected chi connectivity index (χ3v) is 5.82. The van der Waals surface area contributed by atoms with Gasteiger partial charge >= 0.3 is 6.18 Å². The number of rotatable bonds is 7. The van der Waals surface area contributed by atoms with Crippen LogP contribution < -0.4 is 15.1 Å². The molecule has 33 heavy (non-hydrogen) atoms. The van der Waals surface area contributed by atoms with Gasteiger partial charge in [-0.25, -0.2) is 4.68 Å². The molecule has 1 amide bonds. The zero-order chi connectivity index (χ0) is 24.3. The Morgan fingerprint density at radius 2 is 2.09 bits per heavy atom. The molecule has 178 valence electrons. The lowest BCUT2D eigenvalue weighted by molar-refractivity contribution is -0.137. The van der Waals surface area contributed by atoms with Gasteiger partial charge in [-0.3, -0.25) is 9.59 Å². The molecule has 0 unspecified atom stereocenters. The van der Waals surface area contributed by atoms with Crippen molar-refractivity contribution in [1.29, 1.82) is 0 Å². The van der Waals surface area contributed by atoms with Crippen LogP contribution >= 0.6 is 11.3 Å². The van der Waals surface area contributed by atoms with E-state index in [2.05, 4.69) is 10.1 Å². The van der Waals surface area contributed by atoms with Gasteiger partial charge in [-0.05, 0) is 31.5 Å². The average molecular weight is 485 g/mol. The Bertz CT molecular complexity index is 1290. The highest BCUT2D eigenvalue weighted by atomic mass is 32.1. The van der Waals surface area contributed by atoms with Gasteiger partial charge in [0.1, 0.15) is 17.1 Å².